The lowest BCUT2D eigenvalue weighted by atomic mass is 9.60. The first-order chi connectivity index (χ1) is 25.6. The van der Waals surface area contributed by atoms with Gasteiger partial charge in [-0.1, -0.05) is 36.5 Å². The monoisotopic (exact) mass is 724 g/mol. The summed E-state index contributed by atoms with van der Waals surface area (Å²) in [6.07, 6.45) is 13.9. The largest absolute Gasteiger partial charge is 0.507 e. The van der Waals surface area contributed by atoms with Crippen molar-refractivity contribution in [2.75, 3.05) is 33.0 Å². The highest BCUT2D eigenvalue weighted by Crippen LogP contribution is 2.62. The van der Waals surface area contributed by atoms with Gasteiger partial charge in [-0.05, 0) is 38.8 Å². The molecule has 1 fully saturated rings. The highest BCUT2D eigenvalue weighted by atomic mass is 16.7. The number of Topliss-reactive ketones (excluding diaryl/α,β-unsaturated/α-hetero) is 2. The van der Waals surface area contributed by atoms with Gasteiger partial charge in [0.25, 0.3) is 5.56 Å². The molecule has 0 unspecified atom stereocenters. The Bertz CT molecular complexity index is 2100. The second kappa shape index (κ2) is 13.7. The summed E-state index contributed by atoms with van der Waals surface area (Å²) in [5.74, 6) is -4.27. The van der Waals surface area contributed by atoms with Crippen molar-refractivity contribution in [2.24, 2.45) is 16.8 Å². The number of quaternary nitrogens is 1. The maximum Gasteiger partial charge on any atom is 0.331 e. The number of rotatable bonds is 7. The third-order valence-corrected chi connectivity index (χ3v) is 11.2. The molecule has 4 N–H and O–H groups in total. The van der Waals surface area contributed by atoms with Crippen molar-refractivity contribution >= 4 is 23.2 Å². The van der Waals surface area contributed by atoms with E-state index in [0.717, 1.165) is 32.5 Å². The van der Waals surface area contributed by atoms with Gasteiger partial charge in [0.1, 0.15) is 11.9 Å². The number of aromatic amines is 1. The van der Waals surface area contributed by atoms with Gasteiger partial charge in [-0.2, -0.15) is 0 Å². The number of aliphatic imine (C=N–C) groups is 1. The molecule has 13 heteroatoms. The number of esters is 1. The zero-order chi connectivity index (χ0) is 37.0. The number of fused-ring (bicyclic) bond motifs is 6. The molecule has 0 radical (unpaired) electrons. The fraction of sp³-hybridized carbons (Fsp3) is 0.425. The predicted molar refractivity (Wildman–Crippen MR) is 191 cm³/mol. The topological polar surface area (TPSA) is 178 Å². The number of phenolic OH excluding ortho intramolecular Hbond substituents is 1. The first-order valence-corrected chi connectivity index (χ1v) is 18.2. The number of aliphatic hydroxyl groups is 1. The van der Waals surface area contributed by atoms with Crippen molar-refractivity contribution < 1.29 is 48.4 Å². The number of carbonyl (C=O) groups excluding carboxylic acids is 3. The number of hydrogen-bond donors (Lipinski definition) is 4. The number of benzene rings is 1. The minimum Gasteiger partial charge on any atom is -0.507 e. The average molecular weight is 725 g/mol. The Morgan fingerprint density at radius 1 is 1.13 bits per heavy atom. The van der Waals surface area contributed by atoms with Gasteiger partial charge in [0, 0.05) is 47.2 Å². The van der Waals surface area contributed by atoms with Gasteiger partial charge >= 0.3 is 5.97 Å². The minimum atomic E-state index is -2.62. The first kappa shape index (κ1) is 34.9. The number of phenols is 1. The van der Waals surface area contributed by atoms with Crippen molar-refractivity contribution in [2.45, 2.75) is 63.4 Å². The van der Waals surface area contributed by atoms with Gasteiger partial charge in [-0.25, -0.2) is 4.79 Å². The molecule has 8 rings (SSSR count). The van der Waals surface area contributed by atoms with Crippen molar-refractivity contribution in [3.63, 3.8) is 0 Å². The van der Waals surface area contributed by atoms with E-state index in [2.05, 4.69) is 4.98 Å². The quantitative estimate of drug-likeness (QED) is 0.144. The molecule has 0 amide bonds. The van der Waals surface area contributed by atoms with Crippen molar-refractivity contribution in [1.82, 2.24) is 4.98 Å². The molecule has 0 bridgehead atoms. The maximum atomic E-state index is 14.4. The van der Waals surface area contributed by atoms with Crippen LogP contribution in [0.25, 0.3) is 0 Å². The molecular formula is C40H42N3O10+. The van der Waals surface area contributed by atoms with E-state index < -0.39 is 70.2 Å². The van der Waals surface area contributed by atoms with Gasteiger partial charge < -0.3 is 39.0 Å². The second-order valence-electron chi connectivity index (χ2n) is 14.4. The highest BCUT2D eigenvalue weighted by molar-refractivity contribution is 6.20. The molecule has 0 spiro atoms. The molecule has 6 atom stereocenters. The first-order valence-electron chi connectivity index (χ1n) is 18.2. The number of aromatic hydroxyl groups is 1. The van der Waals surface area contributed by atoms with Crippen LogP contribution in [0, 0.1) is 18.8 Å². The Labute approximate surface area is 305 Å². The number of allylic oxidation sites excluding steroid dienone is 6. The number of carbonyl (C=O) groups is 3. The molecule has 1 aromatic carbocycles. The fourth-order valence-electron chi connectivity index (χ4n) is 8.83. The number of H-pyrrole nitrogens is 1. The number of aromatic nitrogens is 1. The van der Waals surface area contributed by atoms with E-state index in [1.54, 1.807) is 31.2 Å². The van der Waals surface area contributed by atoms with Crippen LogP contribution in [0.5, 0.6) is 17.2 Å². The fourth-order valence-corrected chi connectivity index (χ4v) is 8.83. The Kier molecular flexibility index (Phi) is 9.04. The third-order valence-electron chi connectivity index (χ3n) is 11.2. The van der Waals surface area contributed by atoms with Crippen molar-refractivity contribution in [3.8, 4) is 17.2 Å². The Balaban J connectivity index is 1.27. The minimum absolute atomic E-state index is 0.0739. The zero-order valence-electron chi connectivity index (χ0n) is 29.6. The van der Waals surface area contributed by atoms with Crippen LogP contribution in [0.4, 0.5) is 0 Å². The summed E-state index contributed by atoms with van der Waals surface area (Å²) in [5, 5.41) is 25.0. The standard InChI is InChI=1S/C40H41N3O10/c1-3-4-5-6-7-13-27(44)52-25-12-10-11-22-32(41-14-17-43-15-8-9-16-43)30-34(46)31-29-26(50-20-51-36(29)37(30)53-35(22)25)19-24-33(45)23-18-21(2)42-39(48)28(23)38(47)40(24,31)49/h3-7,10,12-13,18,22,24-26,35,46,49H,8-9,11,14-17,19-20H2,1-2H3,(H,42,48)/p+1/b4-3+,6-5+,13-7+,41-32?/t22-,24+,25+,26+,35-,40+/m0/s1. The number of likely N-dealkylation sites (tertiary alicyclic amines) is 1. The molecule has 1 saturated heterocycles. The van der Waals surface area contributed by atoms with E-state index in [9.17, 15) is 29.4 Å². The molecule has 3 aliphatic heterocycles. The van der Waals surface area contributed by atoms with E-state index in [4.69, 9.17) is 23.9 Å². The van der Waals surface area contributed by atoms with Gasteiger partial charge in [-0.15, -0.1) is 0 Å². The second-order valence-corrected chi connectivity index (χ2v) is 14.4. The van der Waals surface area contributed by atoms with Gasteiger partial charge in [0.15, 0.2) is 35.8 Å². The van der Waals surface area contributed by atoms with Crippen LogP contribution in [0.2, 0.25) is 0 Å². The van der Waals surface area contributed by atoms with Crippen LogP contribution in [-0.4, -0.2) is 83.6 Å². The van der Waals surface area contributed by atoms with Crippen LogP contribution < -0.4 is 19.9 Å². The smallest absolute Gasteiger partial charge is 0.331 e. The lowest BCUT2D eigenvalue weighted by Gasteiger charge is -2.48. The number of ketones is 2. The van der Waals surface area contributed by atoms with Crippen LogP contribution in [0.3, 0.4) is 0 Å². The van der Waals surface area contributed by atoms with E-state index in [0.29, 0.717) is 24.4 Å². The lowest BCUT2D eigenvalue weighted by Crippen LogP contribution is -3.10. The molecule has 0 saturated carbocycles. The maximum absolute atomic E-state index is 14.4. The van der Waals surface area contributed by atoms with E-state index in [-0.39, 0.29) is 47.0 Å². The number of pyridine rings is 1. The van der Waals surface area contributed by atoms with Gasteiger partial charge in [0.2, 0.25) is 5.78 Å². The van der Waals surface area contributed by atoms with Crippen LogP contribution in [0.1, 0.15) is 81.8 Å². The average Bonchev–Trinajstić information content (AvgIpc) is 3.66. The molecular weight excluding hydrogens is 682 g/mol. The molecule has 2 aromatic rings. The third kappa shape index (κ3) is 5.69. The Hall–Kier alpha value is -5.11. The van der Waals surface area contributed by atoms with Crippen LogP contribution in [-0.2, 0) is 19.9 Å². The molecule has 1 aromatic heterocycles. The number of nitrogens with zero attached hydrogens (tertiary/aromatic N) is 1. The summed E-state index contributed by atoms with van der Waals surface area (Å²) in [5.41, 5.74) is -3.08. The predicted octanol–water partition coefficient (Wildman–Crippen LogP) is 2.49. The van der Waals surface area contributed by atoms with Crippen molar-refractivity contribution in [1.29, 1.82) is 0 Å². The SMILES string of the molecule is C/C=C/C=C/C=C/C(=O)O[C@@H]1C=CC[C@H]2C(=NCC[NH+]3CCCC3)c3c(O)c4c5c(c3O[C@H]12)OCO[C@@H]5C[C@@H]1C(=O)c2cc(C)[nH]c(=O)c2C(=O)[C@]41O. The summed E-state index contributed by atoms with van der Waals surface area (Å²) in [6.45, 7) is 6.50. The number of hydrogen-bond acceptors (Lipinski definition) is 11. The molecule has 4 heterocycles. The molecule has 6 aliphatic rings. The zero-order valence-corrected chi connectivity index (χ0v) is 29.6. The molecule has 53 heavy (non-hydrogen) atoms. The van der Waals surface area contributed by atoms with Gasteiger partial charge in [-0.3, -0.25) is 19.4 Å². The summed E-state index contributed by atoms with van der Waals surface area (Å²) in [4.78, 5) is 63.7. The van der Waals surface area contributed by atoms with E-state index in [1.165, 1.54) is 17.0 Å². The Morgan fingerprint density at radius 3 is 2.72 bits per heavy atom. The van der Waals surface area contributed by atoms with Crippen molar-refractivity contribution in [3.05, 3.63) is 98.5 Å². The van der Waals surface area contributed by atoms with E-state index >= 15 is 0 Å². The summed E-state index contributed by atoms with van der Waals surface area (Å²) < 4.78 is 24.7. The van der Waals surface area contributed by atoms with Crippen LogP contribution >= 0.6 is 0 Å². The summed E-state index contributed by atoms with van der Waals surface area (Å²) in [7, 11) is 0. The molecule has 13 nitrogen and oxygen atoms in total. The summed E-state index contributed by atoms with van der Waals surface area (Å²) in [6, 6.07) is 1.44. The molecule has 276 valence electrons. The normalized spacial score (nSPS) is 29.5. The summed E-state index contributed by atoms with van der Waals surface area (Å²) >= 11 is 0. The lowest BCUT2D eigenvalue weighted by molar-refractivity contribution is -0.885. The molecule has 3 aliphatic carbocycles. The van der Waals surface area contributed by atoms with E-state index in [1.807, 2.05) is 25.2 Å². The van der Waals surface area contributed by atoms with Crippen LogP contribution in [0.15, 0.2) is 64.5 Å². The number of ether oxygens (including phenoxy) is 4. The number of nitrogens with one attached hydrogen (secondary N) is 2. The highest BCUT2D eigenvalue weighted by Gasteiger charge is 2.63. The number of aryl methyl sites for hydroxylation is 1. The van der Waals surface area contributed by atoms with Gasteiger partial charge in [0.05, 0.1) is 55.0 Å². The Morgan fingerprint density at radius 2 is 1.92 bits per heavy atom.